The summed E-state index contributed by atoms with van der Waals surface area (Å²) in [6.07, 6.45) is 0. The van der Waals surface area contributed by atoms with Gasteiger partial charge in [0.2, 0.25) is 0 Å². The van der Waals surface area contributed by atoms with E-state index < -0.39 is 23.1 Å². The van der Waals surface area contributed by atoms with Gasteiger partial charge in [-0.3, -0.25) is 4.79 Å². The Labute approximate surface area is 129 Å². The number of carbonyl (C=O) groups is 1. The molecule has 0 heterocycles. The smallest absolute Gasteiger partial charge is 0.257 e. The van der Waals surface area contributed by atoms with Gasteiger partial charge in [-0.25, -0.2) is 8.78 Å². The van der Waals surface area contributed by atoms with Crippen LogP contribution in [0, 0.1) is 11.6 Å². The summed E-state index contributed by atoms with van der Waals surface area (Å²) in [6, 6.07) is 9.12. The zero-order valence-corrected chi connectivity index (χ0v) is 12.7. The molecule has 110 valence electrons. The highest BCUT2D eigenvalue weighted by molar-refractivity contribution is 9.10. The molecule has 0 aliphatic carbocycles. The van der Waals surface area contributed by atoms with Gasteiger partial charge in [0.05, 0.1) is 7.11 Å². The second-order valence-electron chi connectivity index (χ2n) is 4.28. The van der Waals surface area contributed by atoms with Gasteiger partial charge in [0.25, 0.3) is 5.91 Å². The van der Waals surface area contributed by atoms with Crippen molar-refractivity contribution in [3.8, 4) is 5.75 Å². The number of methoxy groups -OCH3 is 1. The van der Waals surface area contributed by atoms with Gasteiger partial charge in [-0.15, -0.1) is 0 Å². The van der Waals surface area contributed by atoms with E-state index in [0.29, 0.717) is 5.75 Å². The lowest BCUT2D eigenvalue weighted by molar-refractivity contribution is 0.0942. The Hall–Kier alpha value is -1.95. The van der Waals surface area contributed by atoms with Crippen LogP contribution in [-0.2, 0) is 6.54 Å². The van der Waals surface area contributed by atoms with Crippen LogP contribution in [-0.4, -0.2) is 13.0 Å². The molecular formula is C15H12BrF2NO2. The molecule has 2 rings (SSSR count). The van der Waals surface area contributed by atoms with Crippen molar-refractivity contribution in [2.75, 3.05) is 7.11 Å². The fraction of sp³-hybridized carbons (Fsp3) is 0.133. The van der Waals surface area contributed by atoms with Crippen molar-refractivity contribution in [2.45, 2.75) is 6.54 Å². The van der Waals surface area contributed by atoms with Crippen LogP contribution in [0.15, 0.2) is 40.9 Å². The third-order valence-electron chi connectivity index (χ3n) is 2.82. The van der Waals surface area contributed by atoms with Gasteiger partial charge in [-0.05, 0) is 29.8 Å². The predicted octanol–water partition coefficient (Wildman–Crippen LogP) is 3.67. The summed E-state index contributed by atoms with van der Waals surface area (Å²) in [6.45, 7) is 0.144. The Morgan fingerprint density at radius 2 is 1.90 bits per heavy atom. The average Bonchev–Trinajstić information content (AvgIpc) is 2.44. The first-order valence-corrected chi connectivity index (χ1v) is 6.86. The van der Waals surface area contributed by atoms with E-state index in [2.05, 4.69) is 21.2 Å². The average molecular weight is 356 g/mol. The summed E-state index contributed by atoms with van der Waals surface area (Å²) in [5.74, 6) is -1.99. The molecule has 21 heavy (non-hydrogen) atoms. The number of rotatable bonds is 4. The number of hydrogen-bond donors (Lipinski definition) is 1. The van der Waals surface area contributed by atoms with Crippen molar-refractivity contribution < 1.29 is 18.3 Å². The quantitative estimate of drug-likeness (QED) is 0.908. The molecule has 2 aromatic rings. The Kier molecular flexibility index (Phi) is 4.90. The van der Waals surface area contributed by atoms with Crippen LogP contribution in [0.4, 0.5) is 8.78 Å². The van der Waals surface area contributed by atoms with Gasteiger partial charge in [-0.1, -0.05) is 28.1 Å². The number of halogens is 3. The summed E-state index contributed by atoms with van der Waals surface area (Å²) in [4.78, 5) is 11.9. The van der Waals surface area contributed by atoms with Crippen molar-refractivity contribution in [3.05, 3.63) is 63.6 Å². The summed E-state index contributed by atoms with van der Waals surface area (Å²) < 4.78 is 32.6. The number of amides is 1. The highest BCUT2D eigenvalue weighted by atomic mass is 79.9. The van der Waals surface area contributed by atoms with E-state index in [9.17, 15) is 13.6 Å². The molecular weight excluding hydrogens is 344 g/mol. The maximum atomic E-state index is 13.7. The molecule has 0 saturated heterocycles. The third-order valence-corrected chi connectivity index (χ3v) is 3.28. The lowest BCUT2D eigenvalue weighted by Gasteiger charge is -2.08. The van der Waals surface area contributed by atoms with Gasteiger partial charge < -0.3 is 10.1 Å². The van der Waals surface area contributed by atoms with Gasteiger partial charge in [0, 0.05) is 11.0 Å². The molecule has 0 spiro atoms. The van der Waals surface area contributed by atoms with Crippen molar-refractivity contribution in [3.63, 3.8) is 0 Å². The van der Waals surface area contributed by atoms with E-state index in [1.807, 2.05) is 0 Å². The largest absolute Gasteiger partial charge is 0.497 e. The van der Waals surface area contributed by atoms with Crippen molar-refractivity contribution in [1.82, 2.24) is 5.32 Å². The van der Waals surface area contributed by atoms with E-state index in [1.54, 1.807) is 24.3 Å². The number of nitrogens with one attached hydrogen (secondary N) is 1. The maximum absolute atomic E-state index is 13.7. The molecule has 0 aliphatic heterocycles. The number of ether oxygens (including phenoxy) is 1. The Morgan fingerprint density at radius 1 is 1.24 bits per heavy atom. The normalized spacial score (nSPS) is 10.3. The summed E-state index contributed by atoms with van der Waals surface area (Å²) >= 11 is 2.96. The first-order valence-electron chi connectivity index (χ1n) is 6.07. The van der Waals surface area contributed by atoms with Crippen LogP contribution < -0.4 is 10.1 Å². The number of hydrogen-bond acceptors (Lipinski definition) is 2. The molecule has 0 radical (unpaired) electrons. The first kappa shape index (κ1) is 15.4. The van der Waals surface area contributed by atoms with Gasteiger partial charge in [0.1, 0.15) is 22.9 Å². The predicted molar refractivity (Wildman–Crippen MR) is 78.2 cm³/mol. The van der Waals surface area contributed by atoms with Crippen molar-refractivity contribution in [2.24, 2.45) is 0 Å². The highest BCUT2D eigenvalue weighted by Gasteiger charge is 2.18. The topological polar surface area (TPSA) is 38.3 Å². The van der Waals surface area contributed by atoms with Crippen LogP contribution in [0.25, 0.3) is 0 Å². The minimum Gasteiger partial charge on any atom is -0.497 e. The minimum absolute atomic E-state index is 0.144. The fourth-order valence-corrected chi connectivity index (χ4v) is 2.21. The Morgan fingerprint density at radius 3 is 2.52 bits per heavy atom. The van der Waals surface area contributed by atoms with E-state index in [1.165, 1.54) is 7.11 Å². The van der Waals surface area contributed by atoms with Crippen LogP contribution in [0.1, 0.15) is 15.9 Å². The summed E-state index contributed by atoms with van der Waals surface area (Å²) in [7, 11) is 1.53. The lowest BCUT2D eigenvalue weighted by atomic mass is 10.1. The van der Waals surface area contributed by atoms with Crippen LogP contribution in [0.5, 0.6) is 5.75 Å². The molecule has 2 aromatic carbocycles. The zero-order valence-electron chi connectivity index (χ0n) is 11.1. The highest BCUT2D eigenvalue weighted by Crippen LogP contribution is 2.19. The van der Waals surface area contributed by atoms with E-state index in [4.69, 9.17) is 4.74 Å². The Balaban J connectivity index is 2.12. The molecule has 0 unspecified atom stereocenters. The standard InChI is InChI=1S/C15H12BrF2NO2/c1-21-11-4-2-3-9(5-11)8-19-15(20)14-12(17)6-10(16)7-13(14)18/h2-7H,8H2,1H3,(H,19,20). The third kappa shape index (κ3) is 3.78. The van der Waals surface area contributed by atoms with Crippen LogP contribution in [0.2, 0.25) is 0 Å². The van der Waals surface area contributed by atoms with Crippen molar-refractivity contribution >= 4 is 21.8 Å². The van der Waals surface area contributed by atoms with Gasteiger partial charge in [-0.2, -0.15) is 0 Å². The number of benzene rings is 2. The van der Waals surface area contributed by atoms with Crippen LogP contribution in [0.3, 0.4) is 0 Å². The number of carbonyl (C=O) groups excluding carboxylic acids is 1. The van der Waals surface area contributed by atoms with E-state index in [0.717, 1.165) is 17.7 Å². The van der Waals surface area contributed by atoms with Gasteiger partial charge in [0.15, 0.2) is 0 Å². The van der Waals surface area contributed by atoms with Gasteiger partial charge >= 0.3 is 0 Å². The lowest BCUT2D eigenvalue weighted by Crippen LogP contribution is -2.25. The second kappa shape index (κ2) is 6.67. The molecule has 6 heteroatoms. The van der Waals surface area contributed by atoms with Crippen LogP contribution >= 0.6 is 15.9 Å². The monoisotopic (exact) mass is 355 g/mol. The fourth-order valence-electron chi connectivity index (χ4n) is 1.81. The SMILES string of the molecule is COc1cccc(CNC(=O)c2c(F)cc(Br)cc2F)c1. The Bertz CT molecular complexity index is 653. The summed E-state index contributed by atoms with van der Waals surface area (Å²) in [5, 5.41) is 2.48. The molecule has 0 bridgehead atoms. The molecule has 3 nitrogen and oxygen atoms in total. The minimum atomic E-state index is -0.912. The van der Waals surface area contributed by atoms with E-state index in [-0.39, 0.29) is 11.0 Å². The molecule has 1 amide bonds. The molecule has 0 fully saturated rings. The molecule has 0 saturated carbocycles. The van der Waals surface area contributed by atoms with E-state index >= 15 is 0 Å². The molecule has 0 aromatic heterocycles. The maximum Gasteiger partial charge on any atom is 0.257 e. The molecule has 1 N–H and O–H groups in total. The summed E-state index contributed by atoms with van der Waals surface area (Å²) in [5.41, 5.74) is 0.168. The van der Waals surface area contributed by atoms with Crippen molar-refractivity contribution in [1.29, 1.82) is 0 Å². The second-order valence-corrected chi connectivity index (χ2v) is 5.19. The molecule has 0 aliphatic rings. The molecule has 0 atom stereocenters. The zero-order chi connectivity index (χ0) is 15.4. The first-order chi connectivity index (χ1) is 10.0.